The van der Waals surface area contributed by atoms with Gasteiger partial charge in [0.15, 0.2) is 5.78 Å². The Bertz CT molecular complexity index is 451. The van der Waals surface area contributed by atoms with Crippen molar-refractivity contribution in [1.29, 1.82) is 5.26 Å². The number of benzene rings is 1. The van der Waals surface area contributed by atoms with E-state index in [0.717, 1.165) is 0 Å². The van der Waals surface area contributed by atoms with Gasteiger partial charge in [-0.3, -0.25) is 4.79 Å². The minimum absolute atomic E-state index is 0.0241. The third-order valence-corrected chi connectivity index (χ3v) is 2.59. The van der Waals surface area contributed by atoms with Crippen LogP contribution in [0.15, 0.2) is 16.6 Å². The van der Waals surface area contributed by atoms with Gasteiger partial charge in [-0.05, 0) is 19.1 Å². The number of alkyl halides is 2. The Morgan fingerprint density at radius 3 is 2.53 bits per heavy atom. The fourth-order valence-corrected chi connectivity index (χ4v) is 1.72. The molecular formula is C10H6BrF2NO. The second kappa shape index (κ2) is 4.49. The van der Waals surface area contributed by atoms with Gasteiger partial charge < -0.3 is 0 Å². The second-order valence-electron chi connectivity index (χ2n) is 2.85. The van der Waals surface area contributed by atoms with Crippen LogP contribution >= 0.6 is 15.9 Å². The van der Waals surface area contributed by atoms with Crippen LogP contribution in [0.25, 0.3) is 0 Å². The Balaban J connectivity index is 3.56. The molecule has 0 aliphatic heterocycles. The van der Waals surface area contributed by atoms with Crippen molar-refractivity contribution < 1.29 is 13.6 Å². The standard InChI is InChI=1S/C10H6BrF2NO/c1-5(15)6-2-3-8(11)9(10(12)13)7(6)4-14/h2-3,10H,1H3. The molecule has 1 aromatic rings. The Hall–Kier alpha value is -1.28. The van der Waals surface area contributed by atoms with E-state index in [4.69, 9.17) is 5.26 Å². The molecule has 0 N–H and O–H groups in total. The van der Waals surface area contributed by atoms with E-state index in [-0.39, 0.29) is 15.6 Å². The maximum Gasteiger partial charge on any atom is 0.266 e. The summed E-state index contributed by atoms with van der Waals surface area (Å²) in [5.41, 5.74) is -0.659. The number of carbonyl (C=O) groups excluding carboxylic acids is 1. The van der Waals surface area contributed by atoms with Crippen LogP contribution in [-0.2, 0) is 0 Å². The van der Waals surface area contributed by atoms with Crippen molar-refractivity contribution in [2.75, 3.05) is 0 Å². The molecule has 0 saturated heterocycles. The van der Waals surface area contributed by atoms with Gasteiger partial charge in [-0.15, -0.1) is 0 Å². The highest BCUT2D eigenvalue weighted by molar-refractivity contribution is 9.10. The summed E-state index contributed by atoms with van der Waals surface area (Å²) in [5, 5.41) is 8.77. The van der Waals surface area contributed by atoms with Gasteiger partial charge in [0, 0.05) is 10.0 Å². The molecule has 0 spiro atoms. The van der Waals surface area contributed by atoms with E-state index in [0.29, 0.717) is 0 Å². The van der Waals surface area contributed by atoms with Gasteiger partial charge in [-0.25, -0.2) is 8.78 Å². The molecule has 1 aromatic carbocycles. The minimum atomic E-state index is -2.78. The van der Waals surface area contributed by atoms with Crippen molar-refractivity contribution in [1.82, 2.24) is 0 Å². The van der Waals surface area contributed by atoms with Crippen molar-refractivity contribution in [2.45, 2.75) is 13.3 Å². The molecular weight excluding hydrogens is 268 g/mol. The van der Waals surface area contributed by atoms with Crippen LogP contribution in [0.4, 0.5) is 8.78 Å². The van der Waals surface area contributed by atoms with Crippen molar-refractivity contribution in [3.05, 3.63) is 33.3 Å². The molecule has 1 rings (SSSR count). The fourth-order valence-electron chi connectivity index (χ4n) is 1.22. The molecule has 0 bridgehead atoms. The van der Waals surface area contributed by atoms with Crippen LogP contribution in [-0.4, -0.2) is 5.78 Å². The van der Waals surface area contributed by atoms with Gasteiger partial charge in [-0.2, -0.15) is 5.26 Å². The largest absolute Gasteiger partial charge is 0.294 e. The molecule has 0 aliphatic carbocycles. The maximum absolute atomic E-state index is 12.6. The van der Waals surface area contributed by atoms with Crippen molar-refractivity contribution in [2.24, 2.45) is 0 Å². The predicted molar refractivity (Wildman–Crippen MR) is 53.8 cm³/mol. The van der Waals surface area contributed by atoms with Crippen molar-refractivity contribution in [3.63, 3.8) is 0 Å². The second-order valence-corrected chi connectivity index (χ2v) is 3.71. The van der Waals surface area contributed by atoms with E-state index in [9.17, 15) is 13.6 Å². The third kappa shape index (κ3) is 2.21. The molecule has 0 saturated carbocycles. The van der Waals surface area contributed by atoms with E-state index >= 15 is 0 Å². The molecule has 2 nitrogen and oxygen atoms in total. The van der Waals surface area contributed by atoms with Crippen molar-refractivity contribution in [3.8, 4) is 6.07 Å². The number of nitriles is 1. The van der Waals surface area contributed by atoms with Crippen LogP contribution in [0, 0.1) is 11.3 Å². The zero-order valence-corrected chi connectivity index (χ0v) is 9.31. The molecule has 5 heteroatoms. The lowest BCUT2D eigenvalue weighted by Crippen LogP contribution is -2.02. The van der Waals surface area contributed by atoms with Gasteiger partial charge in [0.1, 0.15) is 6.07 Å². The highest BCUT2D eigenvalue weighted by atomic mass is 79.9. The van der Waals surface area contributed by atoms with Crippen LogP contribution in [0.2, 0.25) is 0 Å². The Labute approximate surface area is 93.6 Å². The first-order valence-corrected chi connectivity index (χ1v) is 4.80. The number of nitrogens with zero attached hydrogens (tertiary/aromatic N) is 1. The van der Waals surface area contributed by atoms with Crippen molar-refractivity contribution >= 4 is 21.7 Å². The van der Waals surface area contributed by atoms with Gasteiger partial charge in [-0.1, -0.05) is 15.9 Å². The summed E-state index contributed by atoms with van der Waals surface area (Å²) in [6.07, 6.45) is -2.78. The first-order chi connectivity index (χ1) is 6.99. The molecule has 0 radical (unpaired) electrons. The fraction of sp³-hybridized carbons (Fsp3) is 0.200. The molecule has 0 unspecified atom stereocenters. The number of hydrogen-bond donors (Lipinski definition) is 0. The summed E-state index contributed by atoms with van der Waals surface area (Å²) in [6.45, 7) is 1.24. The summed E-state index contributed by atoms with van der Waals surface area (Å²) < 4.78 is 25.4. The highest BCUT2D eigenvalue weighted by Gasteiger charge is 2.21. The summed E-state index contributed by atoms with van der Waals surface area (Å²) in [6, 6.07) is 4.34. The highest BCUT2D eigenvalue weighted by Crippen LogP contribution is 2.32. The third-order valence-electron chi connectivity index (χ3n) is 1.90. The Morgan fingerprint density at radius 1 is 1.53 bits per heavy atom. The lowest BCUT2D eigenvalue weighted by Gasteiger charge is -2.08. The number of Topliss-reactive ketones (excluding diaryl/α,β-unsaturated/α-hetero) is 1. The summed E-state index contributed by atoms with van der Waals surface area (Å²) in [4.78, 5) is 11.1. The number of hydrogen-bond acceptors (Lipinski definition) is 2. The molecule has 0 heterocycles. The first kappa shape index (κ1) is 11.8. The van der Waals surface area contributed by atoms with Gasteiger partial charge >= 0.3 is 0 Å². The predicted octanol–water partition coefficient (Wildman–Crippen LogP) is 3.46. The van der Waals surface area contributed by atoms with Crippen LogP contribution < -0.4 is 0 Å². The zero-order valence-electron chi connectivity index (χ0n) is 7.72. The van der Waals surface area contributed by atoms with E-state index in [2.05, 4.69) is 15.9 Å². The average Bonchev–Trinajstić information content (AvgIpc) is 2.15. The van der Waals surface area contributed by atoms with Gasteiger partial charge in [0.05, 0.1) is 11.1 Å². The lowest BCUT2D eigenvalue weighted by molar-refractivity contribution is 0.101. The quantitative estimate of drug-likeness (QED) is 0.775. The van der Waals surface area contributed by atoms with Crippen LogP contribution in [0.3, 0.4) is 0 Å². The molecule has 15 heavy (non-hydrogen) atoms. The summed E-state index contributed by atoms with van der Waals surface area (Å²) in [7, 11) is 0. The number of rotatable bonds is 2. The monoisotopic (exact) mass is 273 g/mol. The topological polar surface area (TPSA) is 40.9 Å². The zero-order chi connectivity index (χ0) is 11.6. The number of halogens is 3. The molecule has 0 aromatic heterocycles. The van der Waals surface area contributed by atoms with E-state index in [1.165, 1.54) is 19.1 Å². The van der Waals surface area contributed by atoms with Gasteiger partial charge in [0.2, 0.25) is 0 Å². The van der Waals surface area contributed by atoms with E-state index in [1.54, 1.807) is 6.07 Å². The first-order valence-electron chi connectivity index (χ1n) is 4.00. The van der Waals surface area contributed by atoms with E-state index in [1.807, 2.05) is 0 Å². The smallest absolute Gasteiger partial charge is 0.266 e. The Kier molecular flexibility index (Phi) is 3.53. The van der Waals surface area contributed by atoms with Crippen LogP contribution in [0.1, 0.15) is 34.8 Å². The normalized spacial score (nSPS) is 10.1. The van der Waals surface area contributed by atoms with Gasteiger partial charge in [0.25, 0.3) is 6.43 Å². The summed E-state index contributed by atoms with van der Waals surface area (Å²) in [5.74, 6) is -0.402. The lowest BCUT2D eigenvalue weighted by atomic mass is 10.00. The number of ketones is 1. The van der Waals surface area contributed by atoms with E-state index < -0.39 is 17.8 Å². The molecule has 0 atom stereocenters. The summed E-state index contributed by atoms with van der Waals surface area (Å²) >= 11 is 2.93. The molecule has 0 aliphatic rings. The Morgan fingerprint density at radius 2 is 2.13 bits per heavy atom. The molecule has 0 fully saturated rings. The average molecular weight is 274 g/mol. The van der Waals surface area contributed by atoms with Crippen LogP contribution in [0.5, 0.6) is 0 Å². The molecule has 78 valence electrons. The molecule has 0 amide bonds. The maximum atomic E-state index is 12.6. The SMILES string of the molecule is CC(=O)c1ccc(Br)c(C(F)F)c1C#N. The number of carbonyl (C=O) groups is 1. The minimum Gasteiger partial charge on any atom is -0.294 e.